The molecule has 1 amide bonds. The predicted molar refractivity (Wildman–Crippen MR) is 95.7 cm³/mol. The van der Waals surface area contributed by atoms with Crippen molar-refractivity contribution >= 4 is 11.6 Å². The highest BCUT2D eigenvalue weighted by atomic mass is 16.2. The number of hydrogen-bond acceptors (Lipinski definition) is 4. The summed E-state index contributed by atoms with van der Waals surface area (Å²) in [6.07, 6.45) is 11.2. The zero-order chi connectivity index (χ0) is 17.0. The SMILES string of the molecule is CC1(C)CC(N2CCCCC2)=C/C(=N/NC(=O)c2cccnc2)C1. The number of hydrogen-bond donors (Lipinski definition) is 1. The summed E-state index contributed by atoms with van der Waals surface area (Å²) < 4.78 is 0. The van der Waals surface area contributed by atoms with Crippen LogP contribution in [0.4, 0.5) is 0 Å². The highest BCUT2D eigenvalue weighted by Crippen LogP contribution is 2.36. The van der Waals surface area contributed by atoms with Gasteiger partial charge in [0.2, 0.25) is 0 Å². The molecule has 1 aliphatic heterocycles. The van der Waals surface area contributed by atoms with Crippen LogP contribution in [0.3, 0.4) is 0 Å². The smallest absolute Gasteiger partial charge is 0.272 e. The highest BCUT2D eigenvalue weighted by molar-refractivity contribution is 5.99. The average Bonchev–Trinajstić information content (AvgIpc) is 2.60. The van der Waals surface area contributed by atoms with Gasteiger partial charge in [-0.2, -0.15) is 5.10 Å². The van der Waals surface area contributed by atoms with E-state index >= 15 is 0 Å². The van der Waals surface area contributed by atoms with Crippen LogP contribution in [0.15, 0.2) is 41.4 Å². The second-order valence-corrected chi connectivity index (χ2v) is 7.49. The number of piperidine rings is 1. The topological polar surface area (TPSA) is 57.6 Å². The molecule has 1 saturated heterocycles. The number of pyridine rings is 1. The molecular formula is C19H26N4O. The standard InChI is InChI=1S/C19H26N4O/c1-19(2)12-16(11-17(13-19)23-9-4-3-5-10-23)21-22-18(24)15-7-6-8-20-14-15/h6-8,11,14H,3-5,9-10,12-13H2,1-2H3,(H,22,24)/b21-16-. The Labute approximate surface area is 143 Å². The molecule has 0 spiro atoms. The summed E-state index contributed by atoms with van der Waals surface area (Å²) in [6.45, 7) is 6.80. The molecule has 1 aliphatic carbocycles. The number of aromatic nitrogens is 1. The number of rotatable bonds is 3. The van der Waals surface area contributed by atoms with Gasteiger partial charge in [0.15, 0.2) is 0 Å². The monoisotopic (exact) mass is 326 g/mol. The summed E-state index contributed by atoms with van der Waals surface area (Å²) in [5.74, 6) is -0.216. The van der Waals surface area contributed by atoms with Crippen LogP contribution in [0.25, 0.3) is 0 Å². The predicted octanol–water partition coefficient (Wildman–Crippen LogP) is 3.36. The first-order valence-electron chi connectivity index (χ1n) is 8.76. The summed E-state index contributed by atoms with van der Waals surface area (Å²) >= 11 is 0. The van der Waals surface area contributed by atoms with E-state index in [1.165, 1.54) is 25.0 Å². The lowest BCUT2D eigenvalue weighted by atomic mass is 9.78. The second-order valence-electron chi connectivity index (χ2n) is 7.49. The van der Waals surface area contributed by atoms with E-state index in [2.05, 4.69) is 40.3 Å². The molecule has 3 rings (SSSR count). The lowest BCUT2D eigenvalue weighted by Crippen LogP contribution is -2.35. The molecule has 0 saturated carbocycles. The van der Waals surface area contributed by atoms with E-state index in [9.17, 15) is 4.79 Å². The normalized spacial score (nSPS) is 22.2. The third-order valence-electron chi connectivity index (χ3n) is 4.64. The van der Waals surface area contributed by atoms with E-state index in [0.29, 0.717) is 5.56 Å². The average molecular weight is 326 g/mol. The number of carbonyl (C=O) groups is 1. The Morgan fingerprint density at radius 1 is 1.25 bits per heavy atom. The van der Waals surface area contributed by atoms with Crippen molar-refractivity contribution in [2.24, 2.45) is 10.5 Å². The van der Waals surface area contributed by atoms with E-state index in [-0.39, 0.29) is 11.3 Å². The van der Waals surface area contributed by atoms with Gasteiger partial charge in [-0.15, -0.1) is 0 Å². The van der Waals surface area contributed by atoms with Gasteiger partial charge in [0.1, 0.15) is 0 Å². The Hall–Kier alpha value is -2.17. The van der Waals surface area contributed by atoms with Gasteiger partial charge in [-0.3, -0.25) is 9.78 Å². The van der Waals surface area contributed by atoms with Crippen molar-refractivity contribution in [3.05, 3.63) is 41.9 Å². The largest absolute Gasteiger partial charge is 0.375 e. The van der Waals surface area contributed by atoms with Gasteiger partial charge in [-0.25, -0.2) is 5.43 Å². The molecule has 5 nitrogen and oxygen atoms in total. The van der Waals surface area contributed by atoms with Crippen molar-refractivity contribution in [2.45, 2.75) is 46.0 Å². The first-order valence-corrected chi connectivity index (χ1v) is 8.76. The van der Waals surface area contributed by atoms with Gasteiger partial charge in [0, 0.05) is 31.2 Å². The fourth-order valence-electron chi connectivity index (χ4n) is 3.48. The van der Waals surface area contributed by atoms with Crippen molar-refractivity contribution in [3.63, 3.8) is 0 Å². The maximum Gasteiger partial charge on any atom is 0.272 e. The minimum Gasteiger partial charge on any atom is -0.375 e. The van der Waals surface area contributed by atoms with Gasteiger partial charge in [-0.1, -0.05) is 13.8 Å². The third kappa shape index (κ3) is 4.22. The molecule has 0 atom stereocenters. The Morgan fingerprint density at radius 2 is 2.04 bits per heavy atom. The number of allylic oxidation sites excluding steroid dienone is 2. The molecule has 128 valence electrons. The van der Waals surface area contributed by atoms with Crippen molar-refractivity contribution in [1.82, 2.24) is 15.3 Å². The molecule has 2 heterocycles. The summed E-state index contributed by atoms with van der Waals surface area (Å²) in [4.78, 5) is 18.6. The number of likely N-dealkylation sites (tertiary alicyclic amines) is 1. The van der Waals surface area contributed by atoms with Crippen molar-refractivity contribution < 1.29 is 4.79 Å². The molecular weight excluding hydrogens is 300 g/mol. The van der Waals surface area contributed by atoms with Gasteiger partial charge in [0.25, 0.3) is 5.91 Å². The van der Waals surface area contributed by atoms with Crippen LogP contribution in [0.5, 0.6) is 0 Å². The zero-order valence-corrected chi connectivity index (χ0v) is 14.6. The summed E-state index contributed by atoms with van der Waals surface area (Å²) in [7, 11) is 0. The highest BCUT2D eigenvalue weighted by Gasteiger charge is 2.29. The van der Waals surface area contributed by atoms with Crippen molar-refractivity contribution in [2.75, 3.05) is 13.1 Å². The molecule has 24 heavy (non-hydrogen) atoms. The Kier molecular flexibility index (Phi) is 4.97. The molecule has 1 aromatic heterocycles. The fraction of sp³-hybridized carbons (Fsp3) is 0.526. The minimum atomic E-state index is -0.216. The number of carbonyl (C=O) groups excluding carboxylic acids is 1. The number of nitrogens with one attached hydrogen (secondary N) is 1. The van der Waals surface area contributed by atoms with E-state index in [1.807, 2.05) is 0 Å². The van der Waals surface area contributed by atoms with E-state index in [0.717, 1.165) is 31.6 Å². The number of hydrazone groups is 1. The quantitative estimate of drug-likeness (QED) is 0.867. The summed E-state index contributed by atoms with van der Waals surface area (Å²) in [5.41, 5.74) is 5.68. The lowest BCUT2D eigenvalue weighted by Gasteiger charge is -2.38. The molecule has 5 heteroatoms. The van der Waals surface area contributed by atoms with Crippen LogP contribution in [-0.4, -0.2) is 34.6 Å². The molecule has 0 unspecified atom stereocenters. The van der Waals surface area contributed by atoms with Crippen LogP contribution in [0.2, 0.25) is 0 Å². The second kappa shape index (κ2) is 7.16. The fourth-order valence-corrected chi connectivity index (χ4v) is 3.48. The minimum absolute atomic E-state index is 0.166. The van der Waals surface area contributed by atoms with Gasteiger partial charge >= 0.3 is 0 Å². The van der Waals surface area contributed by atoms with Crippen LogP contribution >= 0.6 is 0 Å². The molecule has 2 aliphatic rings. The van der Waals surface area contributed by atoms with Gasteiger partial charge in [-0.05, 0) is 55.7 Å². The van der Waals surface area contributed by atoms with Crippen LogP contribution in [0.1, 0.15) is 56.3 Å². The third-order valence-corrected chi connectivity index (χ3v) is 4.64. The molecule has 0 bridgehead atoms. The molecule has 0 aromatic carbocycles. The zero-order valence-electron chi connectivity index (χ0n) is 14.6. The van der Waals surface area contributed by atoms with E-state index < -0.39 is 0 Å². The molecule has 0 radical (unpaired) electrons. The summed E-state index contributed by atoms with van der Waals surface area (Å²) in [6, 6.07) is 3.49. The van der Waals surface area contributed by atoms with E-state index in [1.54, 1.807) is 24.5 Å². The maximum absolute atomic E-state index is 12.1. The molecule has 1 fully saturated rings. The molecule has 1 N–H and O–H groups in total. The number of amides is 1. The number of nitrogens with zero attached hydrogens (tertiary/aromatic N) is 3. The van der Waals surface area contributed by atoms with Crippen LogP contribution in [-0.2, 0) is 0 Å². The van der Waals surface area contributed by atoms with Crippen LogP contribution in [0, 0.1) is 5.41 Å². The van der Waals surface area contributed by atoms with Crippen LogP contribution < -0.4 is 5.43 Å². The summed E-state index contributed by atoms with van der Waals surface area (Å²) in [5, 5.41) is 4.39. The molecule has 1 aromatic rings. The first kappa shape index (κ1) is 16.7. The van der Waals surface area contributed by atoms with Gasteiger partial charge < -0.3 is 4.90 Å². The van der Waals surface area contributed by atoms with E-state index in [4.69, 9.17) is 0 Å². The Morgan fingerprint density at radius 3 is 2.75 bits per heavy atom. The van der Waals surface area contributed by atoms with Gasteiger partial charge in [0.05, 0.1) is 11.3 Å². The Balaban J connectivity index is 1.74. The first-order chi connectivity index (χ1) is 11.5. The van der Waals surface area contributed by atoms with Crippen molar-refractivity contribution in [3.8, 4) is 0 Å². The van der Waals surface area contributed by atoms with Crippen molar-refractivity contribution in [1.29, 1.82) is 0 Å². The maximum atomic E-state index is 12.1. The Bertz CT molecular complexity index is 643. The lowest BCUT2D eigenvalue weighted by molar-refractivity contribution is 0.0954.